The van der Waals surface area contributed by atoms with Crippen molar-refractivity contribution in [2.75, 3.05) is 49.6 Å². The molecule has 0 aromatic heterocycles. The van der Waals surface area contributed by atoms with Gasteiger partial charge in [0.1, 0.15) is 18.1 Å². The molecule has 364 valence electrons. The zero-order valence-electron chi connectivity index (χ0n) is 40.1. The van der Waals surface area contributed by atoms with E-state index in [1.165, 1.54) is 4.90 Å². The minimum Gasteiger partial charge on any atom is -0.493 e. The molecule has 16 nitrogen and oxygen atoms in total. The standard InChI is InChI=1S/C53H62N6O10/c1-32-20-39-27-55-43-25-46(34(3)22-41(43)50(63)57(39)29-32)67-18-10-7-11-19-68-47-26-44-42(23-35(47)4)51(64)58-30-33(2)21-45(58)52(65)59(44)53(66)69-31-37-13-15-38(16-14-37)54-28-40(60)12-8-6-9-17-56-48(61)24-36(5)49(56)62/h13-16,20-23,25-27,36,39,45,52,54,65H,6-12,17-19,24,28-31H2,1-5H3/t36?,39-,45-,52-/m0/s1. The van der Waals surface area contributed by atoms with Crippen LogP contribution in [0.3, 0.4) is 0 Å². The van der Waals surface area contributed by atoms with Gasteiger partial charge >= 0.3 is 6.09 Å². The third kappa shape index (κ3) is 10.9. The molecule has 2 N–H and O–H groups in total. The number of imide groups is 1. The van der Waals surface area contributed by atoms with Gasteiger partial charge in [-0.3, -0.25) is 33.9 Å². The predicted molar refractivity (Wildman–Crippen MR) is 260 cm³/mol. The number of nitrogens with one attached hydrogen (secondary N) is 1. The smallest absolute Gasteiger partial charge is 0.416 e. The minimum atomic E-state index is -1.43. The monoisotopic (exact) mass is 942 g/mol. The number of carbonyl (C=O) groups excluding carboxylic acids is 6. The molecule has 0 bridgehead atoms. The number of ketones is 1. The molecule has 0 saturated carbocycles. The van der Waals surface area contributed by atoms with E-state index in [1.54, 1.807) is 54.3 Å². The molecule has 0 radical (unpaired) electrons. The Kier molecular flexibility index (Phi) is 15.0. The summed E-state index contributed by atoms with van der Waals surface area (Å²) < 4.78 is 18.2. The van der Waals surface area contributed by atoms with Crippen LogP contribution in [0, 0.1) is 19.8 Å². The van der Waals surface area contributed by atoms with E-state index in [1.807, 2.05) is 50.9 Å². The Morgan fingerprint density at radius 2 is 1.43 bits per heavy atom. The molecule has 1 fully saturated rings. The van der Waals surface area contributed by atoms with Gasteiger partial charge in [-0.15, -0.1) is 0 Å². The van der Waals surface area contributed by atoms with Crippen molar-refractivity contribution in [3.05, 3.63) is 99.6 Å². The van der Waals surface area contributed by atoms with Crippen molar-refractivity contribution in [3.63, 3.8) is 0 Å². The summed E-state index contributed by atoms with van der Waals surface area (Å²) in [6, 6.07) is 13.2. The Labute approximate surface area is 402 Å². The van der Waals surface area contributed by atoms with Gasteiger partial charge < -0.3 is 34.4 Å². The topological polar surface area (TPSA) is 188 Å². The van der Waals surface area contributed by atoms with Crippen LogP contribution in [-0.4, -0.2) is 119 Å². The number of fused-ring (bicyclic) bond motifs is 4. The van der Waals surface area contributed by atoms with Crippen LogP contribution in [-0.2, 0) is 25.7 Å². The van der Waals surface area contributed by atoms with E-state index in [9.17, 15) is 33.9 Å². The van der Waals surface area contributed by atoms with Gasteiger partial charge in [0.25, 0.3) is 11.8 Å². The molecule has 69 heavy (non-hydrogen) atoms. The number of aryl methyl sites for hydroxylation is 2. The first-order valence-corrected chi connectivity index (χ1v) is 24.0. The second kappa shape index (κ2) is 21.2. The number of rotatable bonds is 19. The highest BCUT2D eigenvalue weighted by Gasteiger charge is 2.44. The summed E-state index contributed by atoms with van der Waals surface area (Å²) in [5, 5.41) is 14.9. The summed E-state index contributed by atoms with van der Waals surface area (Å²) in [6.45, 7) is 11.6. The number of aliphatic imine (C=N–C) groups is 1. The summed E-state index contributed by atoms with van der Waals surface area (Å²) in [4.78, 5) is 88.5. The third-order valence-corrected chi connectivity index (χ3v) is 13.3. The number of hydrogen-bond donors (Lipinski definition) is 2. The SMILES string of the molecule is CC1=C[C@H]2C=Nc3cc(OCCCCCOc4cc5c(cc4C)C(=O)N4CC(C)=C[C@H]4[C@H](O)N5C(=O)OCc4ccc(NCC(=O)CCCCCN5C(=O)CC(C)C5=O)cc4)c(C)cc3C(=O)N2C1. The number of aliphatic hydroxyl groups excluding tert-OH is 1. The second-order valence-corrected chi connectivity index (χ2v) is 18.9. The zero-order chi connectivity index (χ0) is 48.9. The minimum absolute atomic E-state index is 0.0338. The van der Waals surface area contributed by atoms with Crippen LogP contribution in [0.1, 0.15) is 110 Å². The fraction of sp³-hybridized carbons (Fsp3) is 0.453. The second-order valence-electron chi connectivity index (χ2n) is 18.9. The number of amides is 5. The van der Waals surface area contributed by atoms with E-state index in [4.69, 9.17) is 14.2 Å². The molecule has 0 aliphatic carbocycles. The number of likely N-dealkylation sites (tertiary alicyclic amines) is 1. The van der Waals surface area contributed by atoms with Gasteiger partial charge in [-0.1, -0.05) is 48.8 Å². The Morgan fingerprint density at radius 3 is 2.14 bits per heavy atom. The average molecular weight is 943 g/mol. The van der Waals surface area contributed by atoms with Gasteiger partial charge in [-0.25, -0.2) is 9.69 Å². The lowest BCUT2D eigenvalue weighted by Crippen LogP contribution is -2.50. The molecule has 5 heterocycles. The summed E-state index contributed by atoms with van der Waals surface area (Å²) in [5.41, 5.74) is 6.64. The number of hydrogen-bond acceptors (Lipinski definition) is 12. The van der Waals surface area contributed by atoms with Crippen molar-refractivity contribution in [3.8, 4) is 11.5 Å². The number of aliphatic hydroxyl groups is 1. The van der Waals surface area contributed by atoms with E-state index in [2.05, 4.69) is 16.4 Å². The van der Waals surface area contributed by atoms with Crippen molar-refractivity contribution in [1.29, 1.82) is 0 Å². The number of ether oxygens (including phenoxy) is 3. The van der Waals surface area contributed by atoms with Crippen molar-refractivity contribution < 1.29 is 48.1 Å². The van der Waals surface area contributed by atoms with Gasteiger partial charge in [-0.05, 0) is 101 Å². The largest absolute Gasteiger partial charge is 0.493 e. The van der Waals surface area contributed by atoms with Crippen molar-refractivity contribution in [1.82, 2.24) is 14.7 Å². The van der Waals surface area contributed by atoms with E-state index in [0.29, 0.717) is 98.1 Å². The van der Waals surface area contributed by atoms with Crippen LogP contribution in [0.5, 0.6) is 11.5 Å². The van der Waals surface area contributed by atoms with Crippen molar-refractivity contribution in [2.45, 2.75) is 111 Å². The van der Waals surface area contributed by atoms with Crippen LogP contribution < -0.4 is 19.7 Å². The quantitative estimate of drug-likeness (QED) is 0.0685. The molecule has 1 unspecified atom stereocenters. The highest BCUT2D eigenvalue weighted by molar-refractivity contribution is 6.06. The highest BCUT2D eigenvalue weighted by atomic mass is 16.6. The van der Waals surface area contributed by atoms with Crippen LogP contribution in [0.2, 0.25) is 0 Å². The molecule has 3 aromatic rings. The number of unbranched alkanes of at least 4 members (excludes halogenated alkanes) is 4. The zero-order valence-corrected chi connectivity index (χ0v) is 40.1. The van der Waals surface area contributed by atoms with Crippen LogP contribution in [0.25, 0.3) is 0 Å². The van der Waals surface area contributed by atoms with Crippen LogP contribution in [0.15, 0.2) is 76.8 Å². The van der Waals surface area contributed by atoms with Gasteiger partial charge in [0.15, 0.2) is 12.0 Å². The Hall–Kier alpha value is -6.81. The Morgan fingerprint density at radius 1 is 0.783 bits per heavy atom. The molecular weight excluding hydrogens is 881 g/mol. The number of carbonyl (C=O) groups is 6. The van der Waals surface area contributed by atoms with Gasteiger partial charge in [0.05, 0.1) is 54.3 Å². The van der Waals surface area contributed by atoms with Gasteiger partial charge in [-0.2, -0.15) is 0 Å². The normalized spacial score (nSPS) is 20.5. The highest BCUT2D eigenvalue weighted by Crippen LogP contribution is 2.39. The maximum Gasteiger partial charge on any atom is 0.416 e. The average Bonchev–Trinajstić information content (AvgIpc) is 3.95. The van der Waals surface area contributed by atoms with E-state index < -0.39 is 18.4 Å². The summed E-state index contributed by atoms with van der Waals surface area (Å²) in [6.07, 6.45) is 8.39. The first kappa shape index (κ1) is 48.6. The predicted octanol–water partition coefficient (Wildman–Crippen LogP) is 7.60. The number of Topliss-reactive ketones (excluding diaryl/α,β-unsaturated/α-hetero) is 1. The molecular formula is C53H62N6O10. The summed E-state index contributed by atoms with van der Waals surface area (Å²) in [7, 11) is 0. The first-order chi connectivity index (χ1) is 33.2. The maximum atomic E-state index is 14.0. The van der Waals surface area contributed by atoms with Crippen molar-refractivity contribution in [2.24, 2.45) is 10.9 Å². The van der Waals surface area contributed by atoms with E-state index in [-0.39, 0.29) is 72.2 Å². The van der Waals surface area contributed by atoms with E-state index >= 15 is 0 Å². The Balaban J connectivity index is 0.821. The summed E-state index contributed by atoms with van der Waals surface area (Å²) in [5.74, 6) is 0.368. The lowest BCUT2D eigenvalue weighted by atomic mass is 10.1. The number of benzene rings is 3. The molecule has 5 amide bonds. The van der Waals surface area contributed by atoms with E-state index in [0.717, 1.165) is 40.9 Å². The maximum absolute atomic E-state index is 14.0. The lowest BCUT2D eigenvalue weighted by molar-refractivity contribution is -0.139. The first-order valence-electron chi connectivity index (χ1n) is 24.0. The van der Waals surface area contributed by atoms with Gasteiger partial charge in [0, 0.05) is 62.4 Å². The molecule has 8 rings (SSSR count). The number of anilines is 2. The van der Waals surface area contributed by atoms with Crippen LogP contribution in [0.4, 0.5) is 21.9 Å². The fourth-order valence-corrected chi connectivity index (χ4v) is 9.50. The molecule has 16 heteroatoms. The summed E-state index contributed by atoms with van der Waals surface area (Å²) >= 11 is 0. The molecule has 0 spiro atoms. The number of nitrogens with zero attached hydrogens (tertiary/aromatic N) is 5. The molecule has 5 aliphatic rings. The Bertz CT molecular complexity index is 2600. The molecule has 5 aliphatic heterocycles. The molecule has 4 atom stereocenters. The molecule has 3 aromatic carbocycles. The lowest BCUT2D eigenvalue weighted by Gasteiger charge is -2.31. The van der Waals surface area contributed by atoms with Crippen molar-refractivity contribution >= 4 is 58.8 Å². The van der Waals surface area contributed by atoms with Gasteiger partial charge in [0.2, 0.25) is 11.8 Å². The van der Waals surface area contributed by atoms with Crippen LogP contribution >= 0.6 is 0 Å². The third-order valence-electron chi connectivity index (χ3n) is 13.3. The fourth-order valence-electron chi connectivity index (χ4n) is 9.50. The molecule has 1 saturated heterocycles.